The van der Waals surface area contributed by atoms with E-state index in [9.17, 15) is 4.79 Å². The van der Waals surface area contributed by atoms with Gasteiger partial charge in [-0.2, -0.15) is 0 Å². The quantitative estimate of drug-likeness (QED) is 0.792. The minimum absolute atomic E-state index is 0.228. The van der Waals surface area contributed by atoms with Crippen molar-refractivity contribution in [3.8, 4) is 0 Å². The van der Waals surface area contributed by atoms with Crippen LogP contribution in [0.3, 0.4) is 0 Å². The van der Waals surface area contributed by atoms with E-state index < -0.39 is 0 Å². The molecule has 1 aromatic heterocycles. The number of thioether (sulfide) groups is 1. The number of carbonyl (C=O) groups excluding carboxylic acids is 1. The molecule has 1 aliphatic carbocycles. The van der Waals surface area contributed by atoms with E-state index in [2.05, 4.69) is 11.1 Å². The first-order valence-electron chi connectivity index (χ1n) is 7.48. The van der Waals surface area contributed by atoms with Crippen LogP contribution in [0.25, 0.3) is 10.2 Å². The smallest absolute Gasteiger partial charge is 0.233 e. The number of fused-ring (bicyclic) bond motifs is 1. The Labute approximate surface area is 133 Å². The van der Waals surface area contributed by atoms with Gasteiger partial charge < -0.3 is 4.90 Å². The third kappa shape index (κ3) is 3.58. The minimum Gasteiger partial charge on any atom is -0.342 e. The number of carbonyl (C=O) groups is 1. The Balaban J connectivity index is 1.57. The van der Waals surface area contributed by atoms with Crippen LogP contribution in [0.15, 0.2) is 28.6 Å². The van der Waals surface area contributed by atoms with Crippen molar-refractivity contribution in [2.24, 2.45) is 0 Å². The van der Waals surface area contributed by atoms with E-state index >= 15 is 0 Å². The monoisotopic (exact) mass is 320 g/mol. The van der Waals surface area contributed by atoms with Gasteiger partial charge in [0.05, 0.1) is 16.0 Å². The average Bonchev–Trinajstić information content (AvgIpc) is 2.95. The highest BCUT2D eigenvalue weighted by atomic mass is 32.2. The normalized spacial score (nSPS) is 16.2. The van der Waals surface area contributed by atoms with Gasteiger partial charge in [-0.15, -0.1) is 11.3 Å². The molecule has 0 aliphatic heterocycles. The first-order valence-corrected chi connectivity index (χ1v) is 9.28. The molecule has 1 amide bonds. The Morgan fingerprint density at radius 3 is 2.86 bits per heavy atom. The zero-order chi connectivity index (χ0) is 14.7. The van der Waals surface area contributed by atoms with Crippen LogP contribution in [-0.2, 0) is 4.79 Å². The summed E-state index contributed by atoms with van der Waals surface area (Å²) in [6.07, 6.45) is 6.15. The highest BCUT2D eigenvalue weighted by molar-refractivity contribution is 8.01. The molecular formula is C16H20N2OS2. The van der Waals surface area contributed by atoms with E-state index in [-0.39, 0.29) is 5.91 Å². The summed E-state index contributed by atoms with van der Waals surface area (Å²) in [5, 5.41) is 0. The summed E-state index contributed by atoms with van der Waals surface area (Å²) < 4.78 is 2.18. The van der Waals surface area contributed by atoms with Crippen molar-refractivity contribution in [1.29, 1.82) is 0 Å². The summed E-state index contributed by atoms with van der Waals surface area (Å²) in [4.78, 5) is 18.8. The topological polar surface area (TPSA) is 33.2 Å². The third-order valence-corrected chi connectivity index (χ3v) is 6.27. The summed E-state index contributed by atoms with van der Waals surface area (Å²) in [7, 11) is 1.96. The lowest BCUT2D eigenvalue weighted by Gasteiger charge is -2.31. The molecule has 0 radical (unpaired) electrons. The summed E-state index contributed by atoms with van der Waals surface area (Å²) in [6.45, 7) is 0. The van der Waals surface area contributed by atoms with Gasteiger partial charge >= 0.3 is 0 Å². The molecule has 2 aromatic rings. The second kappa shape index (κ2) is 6.79. The summed E-state index contributed by atoms with van der Waals surface area (Å²) >= 11 is 3.23. The standard InChI is InChI=1S/C16H20N2OS2/c1-18(12-7-3-2-4-8-12)15(19)11-20-16-17-13-9-5-6-10-14(13)21-16/h5-6,9-10,12H,2-4,7-8,11H2,1H3. The molecule has 0 saturated heterocycles. The van der Waals surface area contributed by atoms with E-state index in [0.29, 0.717) is 11.8 Å². The van der Waals surface area contributed by atoms with E-state index in [1.54, 1.807) is 23.1 Å². The number of amides is 1. The van der Waals surface area contributed by atoms with Gasteiger partial charge in [0.1, 0.15) is 0 Å². The fraction of sp³-hybridized carbons (Fsp3) is 0.500. The summed E-state index contributed by atoms with van der Waals surface area (Å²) in [5.41, 5.74) is 1.03. The molecule has 1 fully saturated rings. The van der Waals surface area contributed by atoms with Crippen molar-refractivity contribution >= 4 is 39.2 Å². The second-order valence-corrected chi connectivity index (χ2v) is 7.79. The lowest BCUT2D eigenvalue weighted by atomic mass is 9.94. The van der Waals surface area contributed by atoms with Gasteiger partial charge in [0.25, 0.3) is 0 Å². The predicted octanol–water partition coefficient (Wildman–Crippen LogP) is 4.18. The Kier molecular flexibility index (Phi) is 4.80. The maximum atomic E-state index is 12.3. The number of para-hydroxylation sites is 1. The van der Waals surface area contributed by atoms with Crippen molar-refractivity contribution in [2.75, 3.05) is 12.8 Å². The van der Waals surface area contributed by atoms with E-state index in [0.717, 1.165) is 22.7 Å². The van der Waals surface area contributed by atoms with Gasteiger partial charge in [-0.25, -0.2) is 4.98 Å². The van der Waals surface area contributed by atoms with Gasteiger partial charge in [0.2, 0.25) is 5.91 Å². The molecule has 1 aliphatic rings. The van der Waals surface area contributed by atoms with E-state index in [1.165, 1.54) is 24.0 Å². The number of nitrogens with zero attached hydrogens (tertiary/aromatic N) is 2. The zero-order valence-electron chi connectivity index (χ0n) is 12.2. The number of hydrogen-bond acceptors (Lipinski definition) is 4. The van der Waals surface area contributed by atoms with Gasteiger partial charge in [0.15, 0.2) is 4.34 Å². The predicted molar refractivity (Wildman–Crippen MR) is 90.0 cm³/mol. The van der Waals surface area contributed by atoms with Crippen molar-refractivity contribution in [1.82, 2.24) is 9.88 Å². The summed E-state index contributed by atoms with van der Waals surface area (Å²) in [6, 6.07) is 8.57. The first-order chi connectivity index (χ1) is 10.2. The Bertz CT molecular complexity index is 587. The molecule has 21 heavy (non-hydrogen) atoms. The number of rotatable bonds is 4. The molecule has 5 heteroatoms. The Morgan fingerprint density at radius 2 is 2.10 bits per heavy atom. The molecule has 0 atom stereocenters. The van der Waals surface area contributed by atoms with Crippen molar-refractivity contribution in [3.05, 3.63) is 24.3 Å². The SMILES string of the molecule is CN(C(=O)CSc1nc2ccccc2s1)C1CCCCC1. The molecule has 1 aromatic carbocycles. The van der Waals surface area contributed by atoms with Crippen LogP contribution < -0.4 is 0 Å². The molecule has 3 nitrogen and oxygen atoms in total. The van der Waals surface area contributed by atoms with Crippen LogP contribution in [0.5, 0.6) is 0 Å². The third-order valence-electron chi connectivity index (χ3n) is 4.11. The van der Waals surface area contributed by atoms with Gasteiger partial charge in [-0.05, 0) is 25.0 Å². The van der Waals surface area contributed by atoms with Gasteiger partial charge in [0, 0.05) is 13.1 Å². The van der Waals surface area contributed by atoms with Gasteiger partial charge in [-0.3, -0.25) is 4.79 Å². The molecule has 112 valence electrons. The molecule has 0 spiro atoms. The number of benzene rings is 1. The second-order valence-electron chi connectivity index (χ2n) is 5.53. The highest BCUT2D eigenvalue weighted by Crippen LogP contribution is 2.30. The van der Waals surface area contributed by atoms with Crippen molar-refractivity contribution < 1.29 is 4.79 Å². The fourth-order valence-electron chi connectivity index (χ4n) is 2.81. The molecule has 3 rings (SSSR count). The number of hydrogen-bond donors (Lipinski definition) is 0. The lowest BCUT2D eigenvalue weighted by Crippen LogP contribution is -2.39. The number of aromatic nitrogens is 1. The van der Waals surface area contributed by atoms with Gasteiger partial charge in [-0.1, -0.05) is 43.2 Å². The Hall–Kier alpha value is -1.07. The van der Waals surface area contributed by atoms with Crippen LogP contribution in [0.2, 0.25) is 0 Å². The first kappa shape index (κ1) is 14.9. The van der Waals surface area contributed by atoms with E-state index in [1.807, 2.05) is 30.1 Å². The minimum atomic E-state index is 0.228. The molecular weight excluding hydrogens is 300 g/mol. The molecule has 0 N–H and O–H groups in total. The zero-order valence-corrected chi connectivity index (χ0v) is 13.9. The average molecular weight is 320 g/mol. The lowest BCUT2D eigenvalue weighted by molar-refractivity contribution is -0.129. The van der Waals surface area contributed by atoms with Crippen molar-refractivity contribution in [3.63, 3.8) is 0 Å². The Morgan fingerprint density at radius 1 is 1.33 bits per heavy atom. The molecule has 0 unspecified atom stereocenters. The van der Waals surface area contributed by atoms with Crippen LogP contribution in [0.1, 0.15) is 32.1 Å². The van der Waals surface area contributed by atoms with Crippen LogP contribution in [-0.4, -0.2) is 34.6 Å². The fourth-order valence-corrected chi connectivity index (χ4v) is 4.80. The highest BCUT2D eigenvalue weighted by Gasteiger charge is 2.22. The molecule has 1 heterocycles. The molecule has 0 bridgehead atoms. The maximum Gasteiger partial charge on any atom is 0.233 e. The summed E-state index contributed by atoms with van der Waals surface area (Å²) in [5.74, 6) is 0.721. The maximum absolute atomic E-state index is 12.3. The largest absolute Gasteiger partial charge is 0.342 e. The van der Waals surface area contributed by atoms with Crippen LogP contribution in [0.4, 0.5) is 0 Å². The van der Waals surface area contributed by atoms with Crippen LogP contribution >= 0.6 is 23.1 Å². The van der Waals surface area contributed by atoms with Crippen molar-refractivity contribution in [2.45, 2.75) is 42.5 Å². The van der Waals surface area contributed by atoms with Crippen LogP contribution in [0, 0.1) is 0 Å². The molecule has 1 saturated carbocycles. The number of thiazole rings is 1. The van der Waals surface area contributed by atoms with E-state index in [4.69, 9.17) is 0 Å².